The van der Waals surface area contributed by atoms with Gasteiger partial charge in [0.15, 0.2) is 0 Å². The van der Waals surface area contributed by atoms with Crippen LogP contribution in [0.25, 0.3) is 10.8 Å². The molecule has 4 aromatic carbocycles. The lowest BCUT2D eigenvalue weighted by Crippen LogP contribution is -2.00. The van der Waals surface area contributed by atoms with Crippen LogP contribution in [0.4, 0.5) is 22.7 Å². The fraction of sp³-hybridized carbons (Fsp3) is 0.0435. The number of hydrogen-bond acceptors (Lipinski definition) is 7. The second kappa shape index (κ2) is 9.04. The topological polar surface area (TPSA) is 113 Å². The van der Waals surface area contributed by atoms with E-state index in [1.165, 1.54) is 19.2 Å². The molecule has 0 fully saturated rings. The number of fused-ring (bicyclic) bond motifs is 1. The monoisotopic (exact) mass is 446 g/mol. The van der Waals surface area contributed by atoms with E-state index < -0.39 is 10.1 Å². The second-order valence-electron chi connectivity index (χ2n) is 6.70. The summed E-state index contributed by atoms with van der Waals surface area (Å²) in [5, 5.41) is 18.7. The van der Waals surface area contributed by atoms with Crippen molar-refractivity contribution in [3.8, 4) is 5.75 Å². The zero-order valence-electron chi connectivity index (χ0n) is 17.0. The van der Waals surface area contributed by atoms with Crippen molar-refractivity contribution in [1.29, 1.82) is 0 Å². The third kappa shape index (κ3) is 4.69. The number of azo groups is 2. The SMILES string of the molecule is COc1ccc(N=Nc2ccc(N=Nc3ccccc3)c3ccccc23)cc1S(=O)(=O)O. The van der Waals surface area contributed by atoms with Gasteiger partial charge in [0.1, 0.15) is 10.6 Å². The summed E-state index contributed by atoms with van der Waals surface area (Å²) in [4.78, 5) is -0.377. The molecule has 0 unspecified atom stereocenters. The number of benzene rings is 4. The lowest BCUT2D eigenvalue weighted by Gasteiger charge is -2.06. The van der Waals surface area contributed by atoms with Gasteiger partial charge in [0, 0.05) is 10.8 Å². The summed E-state index contributed by atoms with van der Waals surface area (Å²) >= 11 is 0. The molecule has 0 spiro atoms. The molecular weight excluding hydrogens is 428 g/mol. The number of rotatable bonds is 6. The highest BCUT2D eigenvalue weighted by atomic mass is 32.2. The maximum Gasteiger partial charge on any atom is 0.298 e. The Morgan fingerprint density at radius 1 is 0.688 bits per heavy atom. The average molecular weight is 446 g/mol. The molecule has 4 aromatic rings. The molecule has 160 valence electrons. The molecule has 0 aliphatic heterocycles. The van der Waals surface area contributed by atoms with Crippen LogP contribution in [-0.4, -0.2) is 20.1 Å². The Kier molecular flexibility index (Phi) is 6.02. The number of nitrogens with zero attached hydrogens (tertiary/aromatic N) is 4. The molecule has 1 N–H and O–H groups in total. The Labute approximate surface area is 184 Å². The maximum atomic E-state index is 11.6. The third-order valence-electron chi connectivity index (χ3n) is 4.61. The first-order valence-electron chi connectivity index (χ1n) is 9.51. The van der Waals surface area contributed by atoms with Gasteiger partial charge in [-0.25, -0.2) is 0 Å². The van der Waals surface area contributed by atoms with E-state index in [-0.39, 0.29) is 16.3 Å². The van der Waals surface area contributed by atoms with Crippen molar-refractivity contribution in [3.05, 3.63) is 84.9 Å². The molecule has 32 heavy (non-hydrogen) atoms. The average Bonchev–Trinajstić information content (AvgIpc) is 2.81. The fourth-order valence-electron chi connectivity index (χ4n) is 3.09. The molecular formula is C23H18N4O4S. The Balaban J connectivity index is 1.71. The summed E-state index contributed by atoms with van der Waals surface area (Å²) in [6.45, 7) is 0. The lowest BCUT2D eigenvalue weighted by molar-refractivity contribution is 0.397. The molecule has 0 bridgehead atoms. The third-order valence-corrected chi connectivity index (χ3v) is 5.48. The highest BCUT2D eigenvalue weighted by Gasteiger charge is 2.17. The Bertz CT molecular complexity index is 1440. The van der Waals surface area contributed by atoms with E-state index in [4.69, 9.17) is 4.74 Å². The van der Waals surface area contributed by atoms with E-state index in [1.54, 1.807) is 18.2 Å². The number of hydrogen-bond donors (Lipinski definition) is 1. The lowest BCUT2D eigenvalue weighted by atomic mass is 10.1. The van der Waals surface area contributed by atoms with E-state index in [0.29, 0.717) is 11.4 Å². The van der Waals surface area contributed by atoms with Crippen molar-refractivity contribution in [2.45, 2.75) is 4.90 Å². The van der Waals surface area contributed by atoms with Gasteiger partial charge in [0.2, 0.25) is 0 Å². The van der Waals surface area contributed by atoms with Crippen molar-refractivity contribution in [1.82, 2.24) is 0 Å². The van der Waals surface area contributed by atoms with Crippen LogP contribution in [0.3, 0.4) is 0 Å². The van der Waals surface area contributed by atoms with Gasteiger partial charge < -0.3 is 4.74 Å². The molecule has 0 atom stereocenters. The summed E-state index contributed by atoms with van der Waals surface area (Å²) in [6.07, 6.45) is 0. The molecule has 0 aliphatic carbocycles. The highest BCUT2D eigenvalue weighted by Crippen LogP contribution is 2.36. The van der Waals surface area contributed by atoms with E-state index in [1.807, 2.05) is 54.6 Å². The molecule has 9 heteroatoms. The van der Waals surface area contributed by atoms with E-state index in [2.05, 4.69) is 20.5 Å². The Morgan fingerprint density at radius 2 is 1.25 bits per heavy atom. The predicted molar refractivity (Wildman–Crippen MR) is 122 cm³/mol. The van der Waals surface area contributed by atoms with E-state index in [0.717, 1.165) is 16.5 Å². The smallest absolute Gasteiger partial charge is 0.298 e. The van der Waals surface area contributed by atoms with Crippen LogP contribution < -0.4 is 4.74 Å². The van der Waals surface area contributed by atoms with Gasteiger partial charge in [0.25, 0.3) is 10.1 Å². The van der Waals surface area contributed by atoms with Crippen LogP contribution in [0.5, 0.6) is 5.75 Å². The summed E-state index contributed by atoms with van der Waals surface area (Å²) in [5.74, 6) is 0.0185. The van der Waals surface area contributed by atoms with Gasteiger partial charge in [-0.15, -0.1) is 10.2 Å². The number of methoxy groups -OCH3 is 1. The van der Waals surface area contributed by atoms with Crippen molar-refractivity contribution < 1.29 is 17.7 Å². The molecule has 0 aromatic heterocycles. The Morgan fingerprint density at radius 3 is 1.81 bits per heavy atom. The Hall–Kier alpha value is -3.95. The molecule has 4 rings (SSSR count). The summed E-state index contributed by atoms with van der Waals surface area (Å²) < 4.78 is 37.6. The van der Waals surface area contributed by atoms with Crippen molar-refractivity contribution in [2.75, 3.05) is 7.11 Å². The maximum absolute atomic E-state index is 11.6. The molecule has 0 amide bonds. The first kappa shape index (κ1) is 21.3. The van der Waals surface area contributed by atoms with Crippen LogP contribution in [0.15, 0.2) is 110 Å². The molecule has 8 nitrogen and oxygen atoms in total. The van der Waals surface area contributed by atoms with Gasteiger partial charge >= 0.3 is 0 Å². The minimum absolute atomic E-state index is 0.0185. The molecule has 0 heterocycles. The van der Waals surface area contributed by atoms with E-state index >= 15 is 0 Å². The van der Waals surface area contributed by atoms with Crippen molar-refractivity contribution >= 4 is 43.6 Å². The number of ether oxygens (including phenoxy) is 1. The molecule has 0 radical (unpaired) electrons. The molecule has 0 aliphatic rings. The van der Waals surface area contributed by atoms with E-state index in [9.17, 15) is 13.0 Å². The van der Waals surface area contributed by atoms with Crippen LogP contribution >= 0.6 is 0 Å². The quantitative estimate of drug-likeness (QED) is 0.255. The largest absolute Gasteiger partial charge is 0.495 e. The van der Waals surface area contributed by atoms with Crippen molar-refractivity contribution in [2.24, 2.45) is 20.5 Å². The first-order valence-corrected chi connectivity index (χ1v) is 11.0. The van der Waals surface area contributed by atoms with Gasteiger partial charge in [0.05, 0.1) is 29.9 Å². The first-order chi connectivity index (χ1) is 15.5. The second-order valence-corrected chi connectivity index (χ2v) is 8.09. The van der Waals surface area contributed by atoms with Gasteiger partial charge in [-0.1, -0.05) is 42.5 Å². The zero-order valence-corrected chi connectivity index (χ0v) is 17.8. The standard InChI is InChI=1S/C23H18N4O4S/c1-31-22-14-11-17(15-23(22)32(28,29)30)25-27-21-13-12-20(18-9-5-6-10-19(18)21)26-24-16-7-3-2-4-8-16/h2-15H,1H3,(H,28,29,30). The minimum Gasteiger partial charge on any atom is -0.495 e. The van der Waals surface area contributed by atoms with Crippen molar-refractivity contribution in [3.63, 3.8) is 0 Å². The van der Waals surface area contributed by atoms with Gasteiger partial charge in [-0.05, 0) is 42.5 Å². The highest BCUT2D eigenvalue weighted by molar-refractivity contribution is 7.86. The van der Waals surface area contributed by atoms with Crippen LogP contribution in [0.2, 0.25) is 0 Å². The summed E-state index contributed by atoms with van der Waals surface area (Å²) in [5.41, 5.74) is 2.25. The normalized spacial score (nSPS) is 12.1. The van der Waals surface area contributed by atoms with Crippen LogP contribution in [-0.2, 0) is 10.1 Å². The molecule has 0 saturated heterocycles. The predicted octanol–water partition coefficient (Wildman–Crippen LogP) is 6.93. The summed E-state index contributed by atoms with van der Waals surface area (Å²) in [7, 11) is -3.16. The van der Waals surface area contributed by atoms with Crippen LogP contribution in [0, 0.1) is 0 Å². The zero-order chi connectivity index (χ0) is 22.6. The fourth-order valence-corrected chi connectivity index (χ4v) is 3.76. The minimum atomic E-state index is -4.47. The van der Waals surface area contributed by atoms with Crippen LogP contribution in [0.1, 0.15) is 0 Å². The van der Waals surface area contributed by atoms with Gasteiger partial charge in [-0.3, -0.25) is 4.55 Å². The molecule has 0 saturated carbocycles. The van der Waals surface area contributed by atoms with Gasteiger partial charge in [-0.2, -0.15) is 18.6 Å². The summed E-state index contributed by atoms with van der Waals surface area (Å²) in [6, 6.07) is 24.7.